The van der Waals surface area contributed by atoms with Crippen LogP contribution in [0.25, 0.3) is 0 Å². The van der Waals surface area contributed by atoms with Crippen molar-refractivity contribution in [1.29, 1.82) is 0 Å². The van der Waals surface area contributed by atoms with Crippen molar-refractivity contribution < 1.29 is 4.74 Å². The Kier molecular flexibility index (Phi) is 2.36. The van der Waals surface area contributed by atoms with Crippen molar-refractivity contribution in [1.82, 2.24) is 9.21 Å². The maximum Gasteiger partial charge on any atom is 0.0635 e. The second-order valence-electron chi connectivity index (χ2n) is 3.18. The van der Waals surface area contributed by atoms with Gasteiger partial charge < -0.3 is 4.74 Å². The van der Waals surface area contributed by atoms with Crippen molar-refractivity contribution in [2.45, 2.75) is 6.04 Å². The van der Waals surface area contributed by atoms with Crippen LogP contribution in [0.2, 0.25) is 0 Å². The van der Waals surface area contributed by atoms with Crippen LogP contribution >= 0.6 is 12.8 Å². The smallest absolute Gasteiger partial charge is 0.0635 e. The maximum absolute atomic E-state index is 5.38. The SMILES string of the molecule is SN1CCN2CCOCC2C1. The quantitative estimate of drug-likeness (QED) is 0.514. The number of fused-ring (bicyclic) bond motifs is 1. The van der Waals surface area contributed by atoms with Gasteiger partial charge >= 0.3 is 0 Å². The van der Waals surface area contributed by atoms with Crippen LogP contribution in [0.5, 0.6) is 0 Å². The van der Waals surface area contributed by atoms with Crippen LogP contribution < -0.4 is 0 Å². The maximum atomic E-state index is 5.38. The number of rotatable bonds is 0. The predicted octanol–water partition coefficient (Wildman–Crippen LogP) is -0.152. The molecule has 1 atom stereocenters. The van der Waals surface area contributed by atoms with Crippen LogP contribution in [0.15, 0.2) is 0 Å². The molecule has 2 heterocycles. The van der Waals surface area contributed by atoms with Crippen LogP contribution in [0.3, 0.4) is 0 Å². The Morgan fingerprint density at radius 3 is 3.09 bits per heavy atom. The number of morpholine rings is 1. The summed E-state index contributed by atoms with van der Waals surface area (Å²) < 4.78 is 7.46. The molecule has 0 aromatic heterocycles. The summed E-state index contributed by atoms with van der Waals surface area (Å²) in [5.74, 6) is 0. The van der Waals surface area contributed by atoms with E-state index in [4.69, 9.17) is 4.74 Å². The van der Waals surface area contributed by atoms with Crippen LogP contribution in [-0.2, 0) is 4.74 Å². The topological polar surface area (TPSA) is 15.7 Å². The molecular weight excluding hydrogens is 160 g/mol. The fraction of sp³-hybridized carbons (Fsp3) is 1.00. The number of piperazine rings is 1. The van der Waals surface area contributed by atoms with Crippen molar-refractivity contribution in [3.05, 3.63) is 0 Å². The number of thiol groups is 1. The summed E-state index contributed by atoms with van der Waals surface area (Å²) in [6, 6.07) is 0.593. The first-order chi connectivity index (χ1) is 5.36. The zero-order valence-corrected chi connectivity index (χ0v) is 7.46. The van der Waals surface area contributed by atoms with E-state index in [1.54, 1.807) is 0 Å². The van der Waals surface area contributed by atoms with E-state index in [0.29, 0.717) is 6.04 Å². The summed E-state index contributed by atoms with van der Waals surface area (Å²) in [6.07, 6.45) is 0. The lowest BCUT2D eigenvalue weighted by molar-refractivity contribution is -0.0287. The lowest BCUT2D eigenvalue weighted by Crippen LogP contribution is -2.55. The average molecular weight is 174 g/mol. The van der Waals surface area contributed by atoms with E-state index < -0.39 is 0 Å². The third-order valence-electron chi connectivity index (χ3n) is 2.42. The molecule has 0 saturated carbocycles. The summed E-state index contributed by atoms with van der Waals surface area (Å²) in [6.45, 7) is 6.17. The summed E-state index contributed by atoms with van der Waals surface area (Å²) >= 11 is 4.33. The van der Waals surface area contributed by atoms with E-state index in [0.717, 1.165) is 39.4 Å². The number of nitrogens with zero attached hydrogens (tertiary/aromatic N) is 2. The van der Waals surface area contributed by atoms with Gasteiger partial charge in [0.05, 0.1) is 13.2 Å². The van der Waals surface area contributed by atoms with Gasteiger partial charge in [-0.25, -0.2) is 0 Å². The lowest BCUT2D eigenvalue weighted by atomic mass is 10.2. The fourth-order valence-corrected chi connectivity index (χ4v) is 2.01. The zero-order valence-electron chi connectivity index (χ0n) is 6.57. The van der Waals surface area contributed by atoms with Crippen molar-refractivity contribution in [2.24, 2.45) is 0 Å². The van der Waals surface area contributed by atoms with E-state index in [-0.39, 0.29) is 0 Å². The molecule has 0 amide bonds. The molecule has 4 heteroatoms. The molecule has 0 radical (unpaired) electrons. The van der Waals surface area contributed by atoms with Gasteiger partial charge in [0.1, 0.15) is 0 Å². The van der Waals surface area contributed by atoms with Gasteiger partial charge in [-0.1, -0.05) is 12.8 Å². The fourth-order valence-electron chi connectivity index (χ4n) is 1.73. The minimum Gasteiger partial charge on any atom is -0.378 e. The minimum absolute atomic E-state index is 0.593. The van der Waals surface area contributed by atoms with Crippen LogP contribution in [-0.4, -0.2) is 54.6 Å². The Hall–Kier alpha value is 0.230. The summed E-state index contributed by atoms with van der Waals surface area (Å²) in [7, 11) is 0. The number of hydrogen-bond acceptors (Lipinski definition) is 4. The molecule has 1 unspecified atom stereocenters. The van der Waals surface area contributed by atoms with Crippen molar-refractivity contribution in [3.63, 3.8) is 0 Å². The second-order valence-corrected chi connectivity index (χ2v) is 3.74. The molecule has 3 nitrogen and oxygen atoms in total. The minimum atomic E-state index is 0.593. The van der Waals surface area contributed by atoms with Gasteiger partial charge in [0.15, 0.2) is 0 Å². The second kappa shape index (κ2) is 3.31. The largest absolute Gasteiger partial charge is 0.378 e. The Morgan fingerprint density at radius 1 is 1.27 bits per heavy atom. The van der Waals surface area contributed by atoms with Gasteiger partial charge in [-0.3, -0.25) is 9.21 Å². The lowest BCUT2D eigenvalue weighted by Gasteiger charge is -2.41. The van der Waals surface area contributed by atoms with Gasteiger partial charge in [-0.2, -0.15) is 0 Å². The summed E-state index contributed by atoms with van der Waals surface area (Å²) in [4.78, 5) is 2.50. The first kappa shape index (κ1) is 7.86. The molecule has 2 saturated heterocycles. The van der Waals surface area contributed by atoms with Gasteiger partial charge in [0, 0.05) is 32.2 Å². The number of ether oxygens (including phenoxy) is 1. The highest BCUT2D eigenvalue weighted by Gasteiger charge is 2.27. The standard InChI is InChI=1S/C7H14N2OS/c11-9-2-1-8-3-4-10-6-7(8)5-9/h7,11H,1-6H2. The van der Waals surface area contributed by atoms with E-state index >= 15 is 0 Å². The van der Waals surface area contributed by atoms with Crippen LogP contribution in [0.4, 0.5) is 0 Å². The molecule has 2 aliphatic heterocycles. The molecular formula is C7H14N2OS. The van der Waals surface area contributed by atoms with E-state index in [2.05, 4.69) is 22.0 Å². The van der Waals surface area contributed by atoms with Gasteiger partial charge in [0.2, 0.25) is 0 Å². The highest BCUT2D eigenvalue weighted by Crippen LogP contribution is 2.14. The summed E-state index contributed by atoms with van der Waals surface area (Å²) in [5, 5.41) is 0. The molecule has 64 valence electrons. The Bertz CT molecular complexity index is 144. The van der Waals surface area contributed by atoms with E-state index in [1.165, 1.54) is 0 Å². The van der Waals surface area contributed by atoms with E-state index in [9.17, 15) is 0 Å². The molecule has 2 aliphatic rings. The third kappa shape index (κ3) is 1.69. The van der Waals surface area contributed by atoms with Gasteiger partial charge in [-0.05, 0) is 0 Å². The van der Waals surface area contributed by atoms with Crippen LogP contribution in [0.1, 0.15) is 0 Å². The molecule has 2 fully saturated rings. The monoisotopic (exact) mass is 174 g/mol. The predicted molar refractivity (Wildman–Crippen MR) is 46.7 cm³/mol. The molecule has 0 bridgehead atoms. The number of hydrogen-bond donors (Lipinski definition) is 1. The Morgan fingerprint density at radius 2 is 2.18 bits per heavy atom. The molecule has 0 spiro atoms. The van der Waals surface area contributed by atoms with Gasteiger partial charge in [-0.15, -0.1) is 0 Å². The first-order valence-corrected chi connectivity index (χ1v) is 4.52. The Labute approximate surface area is 72.8 Å². The highest BCUT2D eigenvalue weighted by molar-refractivity contribution is 7.77. The average Bonchev–Trinajstić information content (AvgIpc) is 2.04. The highest BCUT2D eigenvalue weighted by atomic mass is 32.1. The molecule has 0 aliphatic carbocycles. The summed E-state index contributed by atoms with van der Waals surface area (Å²) in [5.41, 5.74) is 0. The zero-order chi connectivity index (χ0) is 7.68. The molecule has 11 heavy (non-hydrogen) atoms. The molecule has 0 N–H and O–H groups in total. The van der Waals surface area contributed by atoms with Gasteiger partial charge in [0.25, 0.3) is 0 Å². The Balaban J connectivity index is 1.93. The third-order valence-corrected chi connectivity index (χ3v) is 2.78. The normalized spacial score (nSPS) is 35.2. The first-order valence-electron chi connectivity index (χ1n) is 4.12. The van der Waals surface area contributed by atoms with Crippen LogP contribution in [0, 0.1) is 0 Å². The molecule has 0 aromatic carbocycles. The van der Waals surface area contributed by atoms with Crippen molar-refractivity contribution >= 4 is 12.8 Å². The molecule has 0 aromatic rings. The van der Waals surface area contributed by atoms with Crippen molar-refractivity contribution in [2.75, 3.05) is 39.4 Å². The van der Waals surface area contributed by atoms with E-state index in [1.807, 2.05) is 0 Å². The van der Waals surface area contributed by atoms with Crippen molar-refractivity contribution in [3.8, 4) is 0 Å². The molecule has 2 rings (SSSR count).